The van der Waals surface area contributed by atoms with E-state index in [2.05, 4.69) is 15.2 Å². The summed E-state index contributed by atoms with van der Waals surface area (Å²) in [5.74, 6) is -0.187. The summed E-state index contributed by atoms with van der Waals surface area (Å²) in [6.45, 7) is 5.86. The highest BCUT2D eigenvalue weighted by Gasteiger charge is 2.31. The van der Waals surface area contributed by atoms with Gasteiger partial charge in [-0.1, -0.05) is 6.07 Å². The molecule has 0 aliphatic carbocycles. The maximum Gasteiger partial charge on any atom is 0.416 e. The van der Waals surface area contributed by atoms with Crippen LogP contribution < -0.4 is 10.1 Å². The Balaban J connectivity index is 1.53. The number of methoxy groups -OCH3 is 1. The smallest absolute Gasteiger partial charge is 0.416 e. The zero-order valence-corrected chi connectivity index (χ0v) is 17.0. The van der Waals surface area contributed by atoms with Crippen LogP contribution in [0.25, 0.3) is 0 Å². The summed E-state index contributed by atoms with van der Waals surface area (Å²) in [6, 6.07) is 6.97. The third-order valence-corrected chi connectivity index (χ3v) is 5.12. The maximum atomic E-state index is 13.0. The van der Waals surface area contributed by atoms with E-state index in [1.807, 2.05) is 24.0 Å². The Kier molecular flexibility index (Phi) is 6.94. The van der Waals surface area contributed by atoms with Crippen LogP contribution in [-0.4, -0.2) is 60.5 Å². The lowest BCUT2D eigenvalue weighted by Crippen LogP contribution is -2.48. The zero-order valence-electron chi connectivity index (χ0n) is 17.0. The normalized spacial score (nSPS) is 15.8. The van der Waals surface area contributed by atoms with Crippen molar-refractivity contribution in [3.63, 3.8) is 0 Å². The number of halogens is 3. The lowest BCUT2D eigenvalue weighted by Gasteiger charge is -2.34. The molecule has 0 spiro atoms. The van der Waals surface area contributed by atoms with E-state index < -0.39 is 11.7 Å². The average Bonchev–Trinajstić information content (AvgIpc) is 2.70. The molecule has 1 N–H and O–H groups in total. The van der Waals surface area contributed by atoms with Crippen molar-refractivity contribution in [3.8, 4) is 5.75 Å². The van der Waals surface area contributed by atoms with Crippen LogP contribution in [0.5, 0.6) is 5.75 Å². The number of aryl methyl sites for hydroxylation is 1. The first-order valence-corrected chi connectivity index (χ1v) is 9.66. The Morgan fingerprint density at radius 2 is 1.87 bits per heavy atom. The number of hydrogen-bond acceptors (Lipinski definition) is 5. The van der Waals surface area contributed by atoms with Gasteiger partial charge in [0.15, 0.2) is 0 Å². The number of nitrogens with one attached hydrogen (secondary N) is 1. The van der Waals surface area contributed by atoms with E-state index in [-0.39, 0.29) is 23.9 Å². The molecule has 1 aliphatic heterocycles. The molecular formula is C21H25F3N4O2. The first-order valence-electron chi connectivity index (χ1n) is 9.66. The second kappa shape index (κ2) is 9.44. The molecule has 1 aliphatic rings. The number of pyridine rings is 1. The van der Waals surface area contributed by atoms with E-state index in [9.17, 15) is 18.0 Å². The number of aromatic nitrogens is 1. The van der Waals surface area contributed by atoms with Crippen molar-refractivity contribution in [2.45, 2.75) is 19.6 Å². The van der Waals surface area contributed by atoms with Crippen molar-refractivity contribution >= 4 is 11.6 Å². The molecule has 0 radical (unpaired) electrons. The van der Waals surface area contributed by atoms with E-state index in [0.29, 0.717) is 13.1 Å². The monoisotopic (exact) mass is 422 g/mol. The van der Waals surface area contributed by atoms with E-state index in [0.717, 1.165) is 43.0 Å². The number of carbonyl (C=O) groups excluding carboxylic acids is 1. The minimum atomic E-state index is -4.49. The third-order valence-electron chi connectivity index (χ3n) is 5.12. The molecule has 1 fully saturated rings. The molecule has 0 unspecified atom stereocenters. The molecule has 1 saturated heterocycles. The Labute approximate surface area is 173 Å². The standard InChI is InChI=1S/C21H25F3N4O2/c1-15-4-3-7-25-18(15)13-27-8-10-28(11-9-27)14-20(29)26-17-12-16(21(22,23)24)5-6-19(17)30-2/h3-7,12H,8-11,13-14H2,1-2H3,(H,26,29). The SMILES string of the molecule is COc1ccc(C(F)(F)F)cc1NC(=O)CN1CCN(Cc2ncccc2C)CC1. The number of anilines is 1. The van der Waals surface area contributed by atoms with Gasteiger partial charge in [0.2, 0.25) is 5.91 Å². The highest BCUT2D eigenvalue weighted by molar-refractivity contribution is 5.93. The Morgan fingerprint density at radius 1 is 1.17 bits per heavy atom. The Hall–Kier alpha value is -2.65. The van der Waals surface area contributed by atoms with Crippen LogP contribution in [-0.2, 0) is 17.5 Å². The van der Waals surface area contributed by atoms with Crippen molar-refractivity contribution in [2.75, 3.05) is 45.2 Å². The molecule has 0 bridgehead atoms. The fourth-order valence-electron chi connectivity index (χ4n) is 3.38. The molecule has 2 heterocycles. The van der Waals surface area contributed by atoms with Crippen LogP contribution in [0.2, 0.25) is 0 Å². The van der Waals surface area contributed by atoms with Gasteiger partial charge >= 0.3 is 6.18 Å². The first-order chi connectivity index (χ1) is 14.3. The summed E-state index contributed by atoms with van der Waals surface area (Å²) in [5.41, 5.74) is 1.37. The molecule has 3 rings (SSSR count). The van der Waals surface area contributed by atoms with E-state index in [4.69, 9.17) is 4.74 Å². The van der Waals surface area contributed by atoms with Crippen molar-refractivity contribution in [3.05, 3.63) is 53.3 Å². The highest BCUT2D eigenvalue weighted by atomic mass is 19.4. The molecule has 6 nitrogen and oxygen atoms in total. The number of benzene rings is 1. The molecule has 162 valence electrons. The first kappa shape index (κ1) is 22.0. The predicted octanol–water partition coefficient (Wildman–Crippen LogP) is 3.17. The number of alkyl halides is 3. The number of piperazine rings is 1. The Bertz CT molecular complexity index is 881. The third kappa shape index (κ3) is 5.70. The van der Waals surface area contributed by atoms with E-state index >= 15 is 0 Å². The van der Waals surface area contributed by atoms with Gasteiger partial charge in [-0.3, -0.25) is 19.6 Å². The topological polar surface area (TPSA) is 57.7 Å². The Morgan fingerprint density at radius 3 is 2.50 bits per heavy atom. The fraction of sp³-hybridized carbons (Fsp3) is 0.429. The zero-order chi connectivity index (χ0) is 21.7. The van der Waals surface area contributed by atoms with Gasteiger partial charge in [0.25, 0.3) is 0 Å². The molecule has 1 aromatic heterocycles. The van der Waals surface area contributed by atoms with Crippen molar-refractivity contribution in [2.24, 2.45) is 0 Å². The average molecular weight is 422 g/mol. The minimum Gasteiger partial charge on any atom is -0.495 e. The number of ether oxygens (including phenoxy) is 1. The van der Waals surface area contributed by atoms with Crippen molar-refractivity contribution in [1.82, 2.24) is 14.8 Å². The van der Waals surface area contributed by atoms with Crippen LogP contribution in [0, 0.1) is 6.92 Å². The van der Waals surface area contributed by atoms with Crippen molar-refractivity contribution < 1.29 is 22.7 Å². The summed E-state index contributed by atoms with van der Waals surface area (Å²) in [4.78, 5) is 21.1. The van der Waals surface area contributed by atoms with Crippen LogP contribution >= 0.6 is 0 Å². The van der Waals surface area contributed by atoms with Crippen LogP contribution in [0.1, 0.15) is 16.8 Å². The van der Waals surface area contributed by atoms with E-state index in [1.165, 1.54) is 13.2 Å². The summed E-state index contributed by atoms with van der Waals surface area (Å²) < 4.78 is 44.0. The summed E-state index contributed by atoms with van der Waals surface area (Å²) >= 11 is 0. The van der Waals surface area contributed by atoms with Crippen molar-refractivity contribution in [1.29, 1.82) is 0 Å². The van der Waals surface area contributed by atoms with Gasteiger partial charge in [0, 0.05) is 38.9 Å². The molecule has 1 amide bonds. The highest BCUT2D eigenvalue weighted by Crippen LogP contribution is 2.34. The number of nitrogens with zero attached hydrogens (tertiary/aromatic N) is 3. The fourth-order valence-corrected chi connectivity index (χ4v) is 3.38. The molecule has 30 heavy (non-hydrogen) atoms. The molecule has 9 heteroatoms. The summed E-state index contributed by atoms with van der Waals surface area (Å²) in [7, 11) is 1.35. The minimum absolute atomic E-state index is 0.0154. The maximum absolute atomic E-state index is 13.0. The lowest BCUT2D eigenvalue weighted by atomic mass is 10.1. The number of amides is 1. The number of rotatable bonds is 6. The largest absolute Gasteiger partial charge is 0.495 e. The van der Waals surface area contributed by atoms with Crippen LogP contribution in [0.3, 0.4) is 0 Å². The lowest BCUT2D eigenvalue weighted by molar-refractivity contribution is -0.137. The predicted molar refractivity (Wildman–Crippen MR) is 107 cm³/mol. The van der Waals surface area contributed by atoms with Crippen LogP contribution in [0.4, 0.5) is 18.9 Å². The van der Waals surface area contributed by atoms with Crippen LogP contribution in [0.15, 0.2) is 36.5 Å². The van der Waals surface area contributed by atoms with E-state index in [1.54, 1.807) is 6.20 Å². The number of hydrogen-bond donors (Lipinski definition) is 1. The molecular weight excluding hydrogens is 397 g/mol. The van der Waals surface area contributed by atoms with Gasteiger partial charge in [-0.15, -0.1) is 0 Å². The molecule has 0 atom stereocenters. The van der Waals surface area contributed by atoms with Gasteiger partial charge in [-0.25, -0.2) is 0 Å². The summed E-state index contributed by atoms with van der Waals surface area (Å²) in [6.07, 6.45) is -2.71. The van der Waals surface area contributed by atoms with Gasteiger partial charge in [0.1, 0.15) is 5.75 Å². The van der Waals surface area contributed by atoms with Gasteiger partial charge in [-0.05, 0) is 36.8 Å². The quantitative estimate of drug-likeness (QED) is 0.775. The number of carbonyl (C=O) groups is 1. The summed E-state index contributed by atoms with van der Waals surface area (Å²) in [5, 5.41) is 2.55. The molecule has 0 saturated carbocycles. The van der Waals surface area contributed by atoms with Gasteiger partial charge < -0.3 is 10.1 Å². The second-order valence-corrected chi connectivity index (χ2v) is 7.28. The van der Waals surface area contributed by atoms with Gasteiger partial charge in [0.05, 0.1) is 30.6 Å². The second-order valence-electron chi connectivity index (χ2n) is 7.28. The molecule has 1 aromatic carbocycles. The molecule has 2 aromatic rings. The van der Waals surface area contributed by atoms with Gasteiger partial charge in [-0.2, -0.15) is 13.2 Å².